The fourth-order valence-electron chi connectivity index (χ4n) is 2.30. The molecule has 6 nitrogen and oxygen atoms in total. The van der Waals surface area contributed by atoms with Crippen LogP contribution < -0.4 is 5.32 Å². The number of aliphatic carboxylic acids is 1. The highest BCUT2D eigenvalue weighted by Crippen LogP contribution is 2.34. The number of benzene rings is 1. The quantitative estimate of drug-likeness (QED) is 0.465. The second kappa shape index (κ2) is 9.06. The number of thioether (sulfide) groups is 1. The molecule has 0 aliphatic carbocycles. The number of carboxylic acid groups (broad SMARTS) is 1. The van der Waals surface area contributed by atoms with Crippen LogP contribution in [0.4, 0.5) is 10.2 Å². The molecule has 0 spiro atoms. The summed E-state index contributed by atoms with van der Waals surface area (Å²) in [6.45, 7) is 3.89. The number of anilines is 1. The van der Waals surface area contributed by atoms with Crippen molar-refractivity contribution < 1.29 is 14.3 Å². The molecule has 0 amide bonds. The molecule has 0 aliphatic heterocycles. The molecule has 3 aromatic rings. The van der Waals surface area contributed by atoms with E-state index in [1.165, 1.54) is 29.2 Å². The van der Waals surface area contributed by atoms with Gasteiger partial charge in [-0.2, -0.15) is 0 Å². The van der Waals surface area contributed by atoms with Crippen LogP contribution in [-0.2, 0) is 11.2 Å². The molecule has 3 rings (SSSR count). The lowest BCUT2D eigenvalue weighted by molar-refractivity contribution is -0.138. The minimum atomic E-state index is -0.922. The van der Waals surface area contributed by atoms with E-state index >= 15 is 0 Å². The van der Waals surface area contributed by atoms with Crippen LogP contribution >= 0.6 is 34.7 Å². The van der Waals surface area contributed by atoms with Crippen molar-refractivity contribution in [3.05, 3.63) is 52.2 Å². The number of hydrogen-bond donors (Lipinski definition) is 2. The molecule has 0 atom stereocenters. The van der Waals surface area contributed by atoms with E-state index < -0.39 is 16.5 Å². The van der Waals surface area contributed by atoms with Crippen molar-refractivity contribution in [1.29, 1.82) is 0 Å². The molecule has 152 valence electrons. The van der Waals surface area contributed by atoms with Gasteiger partial charge in [-0.3, -0.25) is 4.79 Å². The number of carboxylic acids is 1. The molecule has 0 fully saturated rings. The first-order chi connectivity index (χ1) is 13.7. The summed E-state index contributed by atoms with van der Waals surface area (Å²) in [6, 6.07) is 7.83. The van der Waals surface area contributed by atoms with E-state index in [4.69, 9.17) is 11.6 Å². The smallest absolute Gasteiger partial charge is 0.319 e. The number of hydrogen-bond acceptors (Lipinski definition) is 7. The van der Waals surface area contributed by atoms with Crippen molar-refractivity contribution in [2.45, 2.75) is 29.4 Å². The Bertz CT molecular complexity index is 1010. The van der Waals surface area contributed by atoms with Crippen LogP contribution in [-0.4, -0.2) is 37.5 Å². The maximum Gasteiger partial charge on any atom is 0.319 e. The zero-order valence-corrected chi connectivity index (χ0v) is 18.0. The third-order valence-electron chi connectivity index (χ3n) is 3.95. The summed E-state index contributed by atoms with van der Waals surface area (Å²) in [7, 11) is 0. The Morgan fingerprint density at radius 1 is 1.31 bits per heavy atom. The van der Waals surface area contributed by atoms with Gasteiger partial charge in [-0.15, -0.1) is 21.5 Å². The van der Waals surface area contributed by atoms with Crippen LogP contribution in [0.25, 0.3) is 11.3 Å². The van der Waals surface area contributed by atoms with Gasteiger partial charge in [-0.05, 0) is 44.2 Å². The average Bonchev–Trinajstić information content (AvgIpc) is 3.09. The molecule has 2 N–H and O–H groups in total. The fraction of sp³-hybridized carbons (Fsp3) is 0.263. The number of carbonyl (C=O) groups is 1. The fourth-order valence-corrected chi connectivity index (χ4v) is 4.68. The van der Waals surface area contributed by atoms with Gasteiger partial charge in [-0.1, -0.05) is 23.4 Å². The first kappa shape index (κ1) is 21.5. The van der Waals surface area contributed by atoms with Gasteiger partial charge in [-0.25, -0.2) is 9.37 Å². The normalized spacial score (nSPS) is 11.4. The van der Waals surface area contributed by atoms with E-state index in [0.29, 0.717) is 35.1 Å². The van der Waals surface area contributed by atoms with Crippen LogP contribution in [0.5, 0.6) is 0 Å². The first-order valence-corrected chi connectivity index (χ1v) is 10.7. The Labute approximate surface area is 180 Å². The zero-order valence-electron chi connectivity index (χ0n) is 15.6. The van der Waals surface area contributed by atoms with Crippen molar-refractivity contribution in [3.63, 3.8) is 0 Å². The molecule has 0 radical (unpaired) electrons. The third kappa shape index (κ3) is 5.65. The topological polar surface area (TPSA) is 88.0 Å². The molecule has 0 saturated heterocycles. The standard InChI is InChI=1S/C19H18ClFN4O2S2/c1-19(2,17(26)27)29-18-23-12(10-28-18)7-8-22-16-6-5-15(24-25-16)13-4-3-11(20)9-14(13)21/h3-6,9-10H,7-8H2,1-2H3,(H,22,25)(H,26,27). The predicted molar refractivity (Wildman–Crippen MR) is 114 cm³/mol. The van der Waals surface area contributed by atoms with Gasteiger partial charge < -0.3 is 10.4 Å². The Morgan fingerprint density at radius 3 is 2.76 bits per heavy atom. The number of thiazole rings is 1. The second-order valence-electron chi connectivity index (χ2n) is 6.63. The van der Waals surface area contributed by atoms with Gasteiger partial charge in [0.1, 0.15) is 16.4 Å². The number of nitrogens with zero attached hydrogens (tertiary/aromatic N) is 3. The van der Waals surface area contributed by atoms with Crippen LogP contribution in [0, 0.1) is 5.82 Å². The van der Waals surface area contributed by atoms with Gasteiger partial charge in [0.05, 0.1) is 11.4 Å². The second-order valence-corrected chi connectivity index (χ2v) is 9.79. The minimum absolute atomic E-state index is 0.326. The lowest BCUT2D eigenvalue weighted by Crippen LogP contribution is -2.26. The van der Waals surface area contributed by atoms with Crippen molar-refractivity contribution in [3.8, 4) is 11.3 Å². The maximum absolute atomic E-state index is 14.0. The van der Waals surface area contributed by atoms with E-state index in [0.717, 1.165) is 10.0 Å². The monoisotopic (exact) mass is 452 g/mol. The van der Waals surface area contributed by atoms with Gasteiger partial charge in [0, 0.05) is 28.9 Å². The van der Waals surface area contributed by atoms with Crippen molar-refractivity contribution >= 4 is 46.5 Å². The zero-order chi connectivity index (χ0) is 21.0. The van der Waals surface area contributed by atoms with Gasteiger partial charge in [0.2, 0.25) is 0 Å². The number of nitrogens with one attached hydrogen (secondary N) is 1. The summed E-state index contributed by atoms with van der Waals surface area (Å²) in [5, 5.41) is 22.7. The highest BCUT2D eigenvalue weighted by atomic mass is 35.5. The van der Waals surface area contributed by atoms with Crippen molar-refractivity contribution in [2.75, 3.05) is 11.9 Å². The Hall–Kier alpha value is -2.23. The average molecular weight is 453 g/mol. The lowest BCUT2D eigenvalue weighted by atomic mass is 10.1. The van der Waals surface area contributed by atoms with Crippen molar-refractivity contribution in [1.82, 2.24) is 15.2 Å². The van der Waals surface area contributed by atoms with Crippen LogP contribution in [0.15, 0.2) is 40.1 Å². The summed E-state index contributed by atoms with van der Waals surface area (Å²) in [5.41, 5.74) is 1.64. The predicted octanol–water partition coefficient (Wildman–Crippen LogP) is 5.00. The summed E-state index contributed by atoms with van der Waals surface area (Å²) in [6.07, 6.45) is 0.653. The van der Waals surface area contributed by atoms with E-state index in [1.54, 1.807) is 38.1 Å². The lowest BCUT2D eigenvalue weighted by Gasteiger charge is -2.15. The highest BCUT2D eigenvalue weighted by molar-refractivity contribution is 8.02. The molecule has 10 heteroatoms. The van der Waals surface area contributed by atoms with Crippen molar-refractivity contribution in [2.24, 2.45) is 0 Å². The molecular weight excluding hydrogens is 435 g/mol. The molecule has 2 aromatic heterocycles. The van der Waals surface area contributed by atoms with Gasteiger partial charge >= 0.3 is 5.97 Å². The first-order valence-electron chi connectivity index (χ1n) is 8.64. The van der Waals surface area contributed by atoms with Crippen LogP contribution in [0.1, 0.15) is 19.5 Å². The minimum Gasteiger partial charge on any atom is -0.480 e. The number of aromatic nitrogens is 3. The molecule has 0 unspecified atom stereocenters. The summed E-state index contributed by atoms with van der Waals surface area (Å²) < 4.78 is 13.8. The molecule has 1 aromatic carbocycles. The van der Waals surface area contributed by atoms with Gasteiger partial charge in [0.25, 0.3) is 0 Å². The van der Waals surface area contributed by atoms with E-state index in [-0.39, 0.29) is 0 Å². The molecular formula is C19H18ClFN4O2S2. The molecule has 0 saturated carbocycles. The van der Waals surface area contributed by atoms with Gasteiger partial charge in [0.15, 0.2) is 4.34 Å². The molecule has 2 heterocycles. The highest BCUT2D eigenvalue weighted by Gasteiger charge is 2.29. The van der Waals surface area contributed by atoms with Crippen LogP contribution in [0.3, 0.4) is 0 Å². The third-order valence-corrected chi connectivity index (χ3v) is 6.35. The largest absolute Gasteiger partial charge is 0.480 e. The number of rotatable bonds is 8. The van der Waals surface area contributed by atoms with Crippen LogP contribution in [0.2, 0.25) is 5.02 Å². The van der Waals surface area contributed by atoms with E-state index in [1.807, 2.05) is 5.38 Å². The maximum atomic E-state index is 14.0. The van der Waals surface area contributed by atoms with E-state index in [2.05, 4.69) is 20.5 Å². The molecule has 0 aliphatic rings. The van der Waals surface area contributed by atoms with E-state index in [9.17, 15) is 14.3 Å². The Kier molecular flexibility index (Phi) is 6.71. The Balaban J connectivity index is 1.54. The summed E-state index contributed by atoms with van der Waals surface area (Å²) in [4.78, 5) is 15.7. The number of halogens is 2. The molecule has 0 bridgehead atoms. The SMILES string of the molecule is CC(C)(Sc1nc(CCNc2ccc(-c3ccc(Cl)cc3F)nn2)cs1)C(=O)O. The molecule has 29 heavy (non-hydrogen) atoms. The Morgan fingerprint density at radius 2 is 2.10 bits per heavy atom. The summed E-state index contributed by atoms with van der Waals surface area (Å²) in [5.74, 6) is -0.753. The summed E-state index contributed by atoms with van der Waals surface area (Å²) >= 11 is 8.43.